The molecule has 0 unspecified atom stereocenters. The molecule has 0 aliphatic carbocycles. The average Bonchev–Trinajstić information content (AvgIpc) is 2.47. The van der Waals surface area contributed by atoms with Crippen LogP contribution >= 0.6 is 43.2 Å². The summed E-state index contributed by atoms with van der Waals surface area (Å²) < 4.78 is 0.978. The van der Waals surface area contributed by atoms with Gasteiger partial charge in [-0.25, -0.2) is 0 Å². The molecule has 2 nitrogen and oxygen atoms in total. The Bertz CT molecular complexity index is 274. The van der Waals surface area contributed by atoms with Crippen LogP contribution in [0.4, 0.5) is 0 Å². The average molecular weight is 313 g/mol. The predicted molar refractivity (Wildman–Crippen MR) is 58.1 cm³/mol. The van der Waals surface area contributed by atoms with Gasteiger partial charge < -0.3 is 5.32 Å². The number of hydrogen-bond acceptors (Lipinski definition) is 2. The van der Waals surface area contributed by atoms with E-state index >= 15 is 0 Å². The highest BCUT2D eigenvalue weighted by Gasteiger charge is 2.05. The molecule has 1 N–H and O–H groups in total. The van der Waals surface area contributed by atoms with Gasteiger partial charge in [0.25, 0.3) is 5.91 Å². The van der Waals surface area contributed by atoms with Gasteiger partial charge >= 0.3 is 0 Å². The standard InChI is InChI=1S/C7H7Br2NOS/c8-1-2-10-7(11)5-3-6(9)12-4-5/h3-4H,1-2H2,(H,10,11). The molecule has 0 saturated heterocycles. The van der Waals surface area contributed by atoms with E-state index in [-0.39, 0.29) is 5.91 Å². The van der Waals surface area contributed by atoms with Crippen LogP contribution in [-0.4, -0.2) is 17.8 Å². The molecular weight excluding hydrogens is 306 g/mol. The molecule has 0 bridgehead atoms. The highest BCUT2D eigenvalue weighted by atomic mass is 79.9. The molecule has 12 heavy (non-hydrogen) atoms. The van der Waals surface area contributed by atoms with Crippen LogP contribution in [0.15, 0.2) is 15.2 Å². The number of thiophene rings is 1. The molecule has 0 fully saturated rings. The van der Waals surface area contributed by atoms with Crippen molar-refractivity contribution < 1.29 is 4.79 Å². The summed E-state index contributed by atoms with van der Waals surface area (Å²) in [7, 11) is 0. The lowest BCUT2D eigenvalue weighted by Gasteiger charge is -1.98. The smallest absolute Gasteiger partial charge is 0.252 e. The quantitative estimate of drug-likeness (QED) is 0.854. The van der Waals surface area contributed by atoms with Gasteiger partial charge in [0.1, 0.15) is 0 Å². The van der Waals surface area contributed by atoms with E-state index in [0.717, 1.165) is 9.12 Å². The number of amides is 1. The zero-order chi connectivity index (χ0) is 8.97. The van der Waals surface area contributed by atoms with Gasteiger partial charge in [0.05, 0.1) is 9.35 Å². The summed E-state index contributed by atoms with van der Waals surface area (Å²) in [6.45, 7) is 0.659. The summed E-state index contributed by atoms with van der Waals surface area (Å²) in [4.78, 5) is 11.3. The molecular formula is C7H7Br2NOS. The second-order valence-corrected chi connectivity index (χ2v) is 5.17. The van der Waals surface area contributed by atoms with Crippen LogP contribution < -0.4 is 5.32 Å². The molecule has 5 heteroatoms. The minimum Gasteiger partial charge on any atom is -0.351 e. The Hall–Kier alpha value is 0.130. The highest BCUT2D eigenvalue weighted by molar-refractivity contribution is 9.11. The molecule has 1 amide bonds. The highest BCUT2D eigenvalue weighted by Crippen LogP contribution is 2.20. The molecule has 0 aromatic carbocycles. The predicted octanol–water partition coefficient (Wildman–Crippen LogP) is 2.64. The summed E-state index contributed by atoms with van der Waals surface area (Å²) in [6.07, 6.45) is 0. The third-order valence-electron chi connectivity index (χ3n) is 1.21. The van der Waals surface area contributed by atoms with Crippen LogP contribution in [0.1, 0.15) is 10.4 Å². The minimum absolute atomic E-state index is 0.0172. The van der Waals surface area contributed by atoms with E-state index in [9.17, 15) is 4.79 Å². The van der Waals surface area contributed by atoms with Crippen LogP contribution in [0.3, 0.4) is 0 Å². The zero-order valence-electron chi connectivity index (χ0n) is 6.14. The van der Waals surface area contributed by atoms with E-state index in [1.807, 2.05) is 11.4 Å². The SMILES string of the molecule is O=C(NCCBr)c1csc(Br)c1. The normalized spacial score (nSPS) is 9.83. The van der Waals surface area contributed by atoms with Crippen LogP contribution in [0.2, 0.25) is 0 Å². The number of carbonyl (C=O) groups excluding carboxylic acids is 1. The molecule has 0 spiro atoms. The maximum Gasteiger partial charge on any atom is 0.252 e. The van der Waals surface area contributed by atoms with E-state index in [4.69, 9.17) is 0 Å². The number of rotatable bonds is 3. The van der Waals surface area contributed by atoms with Gasteiger partial charge in [-0.1, -0.05) is 15.9 Å². The first kappa shape index (κ1) is 10.2. The van der Waals surface area contributed by atoms with Crippen molar-refractivity contribution >= 4 is 49.1 Å². The lowest BCUT2D eigenvalue weighted by atomic mass is 10.3. The number of hydrogen-bond donors (Lipinski definition) is 1. The van der Waals surface area contributed by atoms with E-state index < -0.39 is 0 Å². The number of halogens is 2. The third-order valence-corrected chi connectivity index (χ3v) is 3.11. The Morgan fingerprint density at radius 2 is 2.42 bits per heavy atom. The summed E-state index contributed by atoms with van der Waals surface area (Å²) in [5.41, 5.74) is 0.716. The maximum absolute atomic E-state index is 11.3. The minimum atomic E-state index is -0.0172. The lowest BCUT2D eigenvalue weighted by Crippen LogP contribution is -2.24. The summed E-state index contributed by atoms with van der Waals surface area (Å²) >= 11 is 8.04. The fraction of sp³-hybridized carbons (Fsp3) is 0.286. The van der Waals surface area contributed by atoms with Crippen molar-refractivity contribution in [2.75, 3.05) is 11.9 Å². The summed E-state index contributed by atoms with van der Waals surface area (Å²) in [6, 6.07) is 1.81. The Morgan fingerprint density at radius 1 is 1.67 bits per heavy atom. The Labute approximate surface area is 91.6 Å². The van der Waals surface area contributed by atoms with Crippen molar-refractivity contribution in [3.05, 3.63) is 20.8 Å². The fourth-order valence-electron chi connectivity index (χ4n) is 0.692. The number of alkyl halides is 1. The van der Waals surface area contributed by atoms with Crippen molar-refractivity contribution in [2.24, 2.45) is 0 Å². The third kappa shape index (κ3) is 2.88. The van der Waals surface area contributed by atoms with Gasteiger partial charge in [-0.3, -0.25) is 4.79 Å². The van der Waals surface area contributed by atoms with Gasteiger partial charge in [-0.15, -0.1) is 11.3 Å². The lowest BCUT2D eigenvalue weighted by molar-refractivity contribution is 0.0956. The molecule has 1 aromatic heterocycles. The van der Waals surface area contributed by atoms with Gasteiger partial charge in [0, 0.05) is 17.3 Å². The summed E-state index contributed by atoms with van der Waals surface area (Å²) in [5, 5.41) is 5.37. The largest absolute Gasteiger partial charge is 0.351 e. The number of nitrogens with one attached hydrogen (secondary N) is 1. The summed E-state index contributed by atoms with van der Waals surface area (Å²) in [5.74, 6) is -0.0172. The first-order chi connectivity index (χ1) is 5.74. The first-order valence-corrected chi connectivity index (χ1v) is 6.11. The zero-order valence-corrected chi connectivity index (χ0v) is 10.1. The van der Waals surface area contributed by atoms with Crippen molar-refractivity contribution in [1.82, 2.24) is 5.32 Å². The fourth-order valence-corrected chi connectivity index (χ4v) is 2.03. The Kier molecular flexibility index (Phi) is 4.25. The van der Waals surface area contributed by atoms with E-state index in [1.165, 1.54) is 11.3 Å². The van der Waals surface area contributed by atoms with E-state index in [1.54, 1.807) is 0 Å². The Morgan fingerprint density at radius 3 is 2.92 bits per heavy atom. The molecule has 66 valence electrons. The van der Waals surface area contributed by atoms with E-state index in [2.05, 4.69) is 37.2 Å². The van der Waals surface area contributed by atoms with Crippen LogP contribution in [0, 0.1) is 0 Å². The van der Waals surface area contributed by atoms with E-state index in [0.29, 0.717) is 12.1 Å². The molecule has 1 aromatic rings. The topological polar surface area (TPSA) is 29.1 Å². The van der Waals surface area contributed by atoms with Gasteiger partial charge in [-0.05, 0) is 22.0 Å². The monoisotopic (exact) mass is 311 g/mol. The second kappa shape index (κ2) is 4.99. The molecule has 0 atom stereocenters. The molecule has 1 heterocycles. The van der Waals surface area contributed by atoms with Crippen LogP contribution in [0.5, 0.6) is 0 Å². The molecule has 0 aliphatic rings. The first-order valence-electron chi connectivity index (χ1n) is 3.32. The van der Waals surface area contributed by atoms with Crippen LogP contribution in [0.25, 0.3) is 0 Å². The van der Waals surface area contributed by atoms with Crippen molar-refractivity contribution in [2.45, 2.75) is 0 Å². The molecule has 0 saturated carbocycles. The molecule has 0 radical (unpaired) electrons. The maximum atomic E-state index is 11.3. The van der Waals surface area contributed by atoms with Gasteiger partial charge in [0.15, 0.2) is 0 Å². The number of carbonyl (C=O) groups is 1. The van der Waals surface area contributed by atoms with Crippen molar-refractivity contribution in [3.63, 3.8) is 0 Å². The van der Waals surface area contributed by atoms with Crippen molar-refractivity contribution in [1.29, 1.82) is 0 Å². The molecule has 1 rings (SSSR count). The molecule has 0 aliphatic heterocycles. The van der Waals surface area contributed by atoms with Crippen molar-refractivity contribution in [3.8, 4) is 0 Å². The second-order valence-electron chi connectivity index (χ2n) is 2.08. The Balaban J connectivity index is 2.53. The van der Waals surface area contributed by atoms with Gasteiger partial charge in [0.2, 0.25) is 0 Å². The van der Waals surface area contributed by atoms with Crippen LogP contribution in [-0.2, 0) is 0 Å². The van der Waals surface area contributed by atoms with Gasteiger partial charge in [-0.2, -0.15) is 0 Å².